The summed E-state index contributed by atoms with van der Waals surface area (Å²) >= 11 is 0. The molecule has 0 bridgehead atoms. The highest BCUT2D eigenvalue weighted by atomic mass is 32.2. The van der Waals surface area contributed by atoms with Gasteiger partial charge < -0.3 is 14.6 Å². The number of hydrogen-bond donors (Lipinski definition) is 1. The number of hydrogen-bond acceptors (Lipinski definition) is 8. The molecule has 0 saturated carbocycles. The normalized spacial score (nSPS) is 21.0. The molecule has 1 aliphatic heterocycles. The number of amides is 1. The zero-order valence-electron chi connectivity index (χ0n) is 16.0. The molecule has 12 heteroatoms. The summed E-state index contributed by atoms with van der Waals surface area (Å²) in [6, 6.07) is -0.521. The molecule has 11 nitrogen and oxygen atoms in total. The summed E-state index contributed by atoms with van der Waals surface area (Å²) in [4.78, 5) is 16.5. The molecule has 2 aromatic heterocycles. The molecule has 3 rings (SSSR count). The van der Waals surface area contributed by atoms with Crippen molar-refractivity contribution in [2.24, 2.45) is 0 Å². The fraction of sp³-hybridized carbons (Fsp3) is 0.625. The molecule has 0 aliphatic carbocycles. The van der Waals surface area contributed by atoms with Crippen LogP contribution in [0.3, 0.4) is 0 Å². The number of piperidine rings is 1. The number of aryl methyl sites for hydroxylation is 2. The Labute approximate surface area is 163 Å². The molecule has 1 saturated heterocycles. The minimum atomic E-state index is -3.73. The van der Waals surface area contributed by atoms with Gasteiger partial charge in [-0.25, -0.2) is 8.42 Å². The van der Waals surface area contributed by atoms with Crippen LogP contribution >= 0.6 is 0 Å². The van der Waals surface area contributed by atoms with Crippen LogP contribution in [0.5, 0.6) is 0 Å². The fourth-order valence-corrected chi connectivity index (χ4v) is 4.66. The van der Waals surface area contributed by atoms with Gasteiger partial charge in [-0.15, -0.1) is 0 Å². The van der Waals surface area contributed by atoms with E-state index in [0.717, 1.165) is 0 Å². The number of nitrogens with zero attached hydrogens (tertiary/aromatic N) is 5. The first-order chi connectivity index (χ1) is 13.3. The van der Waals surface area contributed by atoms with Gasteiger partial charge in [-0.2, -0.15) is 14.4 Å². The molecule has 0 spiro atoms. The molecule has 1 fully saturated rings. The van der Waals surface area contributed by atoms with Crippen LogP contribution in [-0.4, -0.2) is 71.4 Å². The van der Waals surface area contributed by atoms with Crippen molar-refractivity contribution in [1.29, 1.82) is 0 Å². The van der Waals surface area contributed by atoms with Crippen LogP contribution in [-0.2, 0) is 26.1 Å². The van der Waals surface area contributed by atoms with Crippen LogP contribution in [0.2, 0.25) is 0 Å². The number of rotatable bonds is 7. The monoisotopic (exact) mass is 412 g/mol. The maximum atomic E-state index is 13.0. The summed E-state index contributed by atoms with van der Waals surface area (Å²) in [5.41, 5.74) is 0. The predicted molar refractivity (Wildman–Crippen MR) is 96.9 cm³/mol. The molecular formula is C16H24N6O5S. The van der Waals surface area contributed by atoms with Gasteiger partial charge in [0.1, 0.15) is 11.5 Å². The largest absolute Gasteiger partial charge is 0.375 e. The lowest BCUT2D eigenvalue weighted by Gasteiger charge is -2.36. The molecule has 2 aromatic rings. The van der Waals surface area contributed by atoms with E-state index in [1.54, 1.807) is 11.6 Å². The third kappa shape index (κ3) is 4.23. The Morgan fingerprint density at radius 1 is 1.46 bits per heavy atom. The second-order valence-electron chi connectivity index (χ2n) is 6.58. The fourth-order valence-electron chi connectivity index (χ4n) is 3.23. The number of aromatic nitrogens is 4. The first-order valence-electron chi connectivity index (χ1n) is 8.96. The Bertz CT molecular complexity index is 924. The highest BCUT2D eigenvalue weighted by Gasteiger charge is 2.39. The van der Waals surface area contributed by atoms with E-state index < -0.39 is 16.1 Å². The molecule has 1 aliphatic rings. The minimum Gasteiger partial charge on any atom is -0.375 e. The number of methoxy groups -OCH3 is 1. The van der Waals surface area contributed by atoms with E-state index >= 15 is 0 Å². The van der Waals surface area contributed by atoms with Crippen LogP contribution < -0.4 is 5.32 Å². The van der Waals surface area contributed by atoms with Crippen LogP contribution in [0, 0.1) is 6.92 Å². The molecular weight excluding hydrogens is 388 g/mol. The molecule has 1 amide bonds. The van der Waals surface area contributed by atoms with Gasteiger partial charge in [-0.05, 0) is 20.3 Å². The van der Waals surface area contributed by atoms with Gasteiger partial charge in [0, 0.05) is 32.9 Å². The Hall–Kier alpha value is -2.31. The molecule has 2 atom stereocenters. The van der Waals surface area contributed by atoms with Crippen molar-refractivity contribution in [2.75, 3.05) is 26.8 Å². The maximum absolute atomic E-state index is 13.0. The summed E-state index contributed by atoms with van der Waals surface area (Å²) in [6.45, 7) is 4.38. The predicted octanol–water partition coefficient (Wildman–Crippen LogP) is -0.0962. The van der Waals surface area contributed by atoms with E-state index in [4.69, 9.17) is 9.26 Å². The quantitative estimate of drug-likeness (QED) is 0.667. The number of carbonyl (C=O) groups is 1. The zero-order chi connectivity index (χ0) is 20.3. The van der Waals surface area contributed by atoms with E-state index in [0.29, 0.717) is 24.7 Å². The first kappa shape index (κ1) is 20.4. The first-order valence-corrected chi connectivity index (χ1v) is 10.4. The second-order valence-corrected chi connectivity index (χ2v) is 8.51. The SMILES string of the molecule is CCn1cc(S(=O)(=O)N2CCC(c3nc(C)no3)C(NC(=O)COC)C2)cn1. The molecule has 1 N–H and O–H groups in total. The molecule has 0 aromatic carbocycles. The summed E-state index contributed by atoms with van der Waals surface area (Å²) < 4.78 is 39.0. The van der Waals surface area contributed by atoms with Crippen molar-refractivity contribution in [3.63, 3.8) is 0 Å². The lowest BCUT2D eigenvalue weighted by atomic mass is 9.92. The summed E-state index contributed by atoms with van der Waals surface area (Å²) in [6.07, 6.45) is 3.27. The van der Waals surface area contributed by atoms with Gasteiger partial charge in [0.15, 0.2) is 5.82 Å². The second kappa shape index (κ2) is 8.37. The van der Waals surface area contributed by atoms with Gasteiger partial charge in [0.25, 0.3) is 0 Å². The van der Waals surface area contributed by atoms with Crippen molar-refractivity contribution >= 4 is 15.9 Å². The summed E-state index contributed by atoms with van der Waals surface area (Å²) in [5, 5.41) is 10.7. The number of nitrogens with one attached hydrogen (secondary N) is 1. The van der Waals surface area contributed by atoms with Crippen molar-refractivity contribution in [1.82, 2.24) is 29.5 Å². The highest BCUT2D eigenvalue weighted by Crippen LogP contribution is 2.30. The lowest BCUT2D eigenvalue weighted by molar-refractivity contribution is -0.125. The Kier molecular flexibility index (Phi) is 6.10. The third-order valence-corrected chi connectivity index (χ3v) is 6.45. The number of ether oxygens (including phenoxy) is 1. The van der Waals surface area contributed by atoms with Crippen LogP contribution in [0.15, 0.2) is 21.8 Å². The van der Waals surface area contributed by atoms with Crippen LogP contribution in [0.4, 0.5) is 0 Å². The topological polar surface area (TPSA) is 132 Å². The molecule has 0 radical (unpaired) electrons. The van der Waals surface area contributed by atoms with Crippen molar-refractivity contribution < 1.29 is 22.5 Å². The molecule has 3 heterocycles. The maximum Gasteiger partial charge on any atom is 0.246 e. The van der Waals surface area contributed by atoms with Crippen molar-refractivity contribution in [3.8, 4) is 0 Å². The standard InChI is InChI=1S/C16H24N6O5S/c1-4-21-8-12(7-17-21)28(24,25)22-6-5-13(16-18-11(2)20-27-16)14(9-22)19-15(23)10-26-3/h7-8,13-14H,4-6,9-10H2,1-3H3,(H,19,23). The van der Waals surface area contributed by atoms with E-state index in [1.807, 2.05) is 6.92 Å². The van der Waals surface area contributed by atoms with Gasteiger partial charge in [0.05, 0.1) is 18.2 Å². The Morgan fingerprint density at radius 3 is 2.86 bits per heavy atom. The van der Waals surface area contributed by atoms with Crippen molar-refractivity contribution in [2.45, 2.75) is 43.7 Å². The van der Waals surface area contributed by atoms with E-state index in [-0.39, 0.29) is 36.4 Å². The molecule has 2 unspecified atom stereocenters. The van der Waals surface area contributed by atoms with E-state index in [2.05, 4.69) is 20.6 Å². The Morgan fingerprint density at radius 2 is 2.25 bits per heavy atom. The van der Waals surface area contributed by atoms with Gasteiger partial charge in [0.2, 0.25) is 21.8 Å². The summed E-state index contributed by atoms with van der Waals surface area (Å²) in [7, 11) is -2.31. The Balaban J connectivity index is 1.83. The smallest absolute Gasteiger partial charge is 0.246 e. The summed E-state index contributed by atoms with van der Waals surface area (Å²) in [5.74, 6) is 0.244. The van der Waals surface area contributed by atoms with Crippen LogP contribution in [0.25, 0.3) is 0 Å². The van der Waals surface area contributed by atoms with Gasteiger partial charge in [-0.3, -0.25) is 9.48 Å². The average Bonchev–Trinajstić information content (AvgIpc) is 3.31. The van der Waals surface area contributed by atoms with Crippen molar-refractivity contribution in [3.05, 3.63) is 24.1 Å². The molecule has 154 valence electrons. The highest BCUT2D eigenvalue weighted by molar-refractivity contribution is 7.89. The van der Waals surface area contributed by atoms with E-state index in [9.17, 15) is 13.2 Å². The van der Waals surface area contributed by atoms with E-state index in [1.165, 1.54) is 23.8 Å². The number of sulfonamides is 1. The lowest BCUT2D eigenvalue weighted by Crippen LogP contribution is -2.53. The minimum absolute atomic E-state index is 0.0845. The molecule has 28 heavy (non-hydrogen) atoms. The van der Waals surface area contributed by atoms with Crippen LogP contribution in [0.1, 0.15) is 31.0 Å². The zero-order valence-corrected chi connectivity index (χ0v) is 16.8. The van der Waals surface area contributed by atoms with Gasteiger partial charge in [-0.1, -0.05) is 5.16 Å². The van der Waals surface area contributed by atoms with Gasteiger partial charge >= 0.3 is 0 Å². The average molecular weight is 412 g/mol. The number of carbonyl (C=O) groups excluding carboxylic acids is 1. The third-order valence-electron chi connectivity index (χ3n) is 4.63.